The lowest BCUT2D eigenvalue weighted by molar-refractivity contribution is -0.124. The molecule has 0 aromatic rings. The van der Waals surface area contributed by atoms with E-state index in [1.807, 2.05) is 0 Å². The van der Waals surface area contributed by atoms with Crippen molar-refractivity contribution in [2.24, 2.45) is 0 Å². The molecule has 1 atom stereocenters. The van der Waals surface area contributed by atoms with Gasteiger partial charge >= 0.3 is 0 Å². The van der Waals surface area contributed by atoms with Crippen molar-refractivity contribution in [3.05, 3.63) is 0 Å². The summed E-state index contributed by atoms with van der Waals surface area (Å²) in [6.45, 7) is 0.859. The Kier molecular flexibility index (Phi) is 4.69. The second-order valence-electron chi connectivity index (χ2n) is 5.34. The van der Waals surface area contributed by atoms with Crippen molar-refractivity contribution < 1.29 is 9.53 Å². The minimum atomic E-state index is -0.0912. The van der Waals surface area contributed by atoms with Gasteiger partial charge < -0.3 is 10.1 Å². The Labute approximate surface area is 108 Å². The third kappa shape index (κ3) is 3.59. The molecule has 1 aliphatic heterocycles. The van der Waals surface area contributed by atoms with Crippen LogP contribution in [0.2, 0.25) is 0 Å². The zero-order valence-corrected chi connectivity index (χ0v) is 11.1. The average Bonchev–Trinajstić information content (AvgIpc) is 2.33. The van der Waals surface area contributed by atoms with E-state index in [4.69, 9.17) is 16.3 Å². The van der Waals surface area contributed by atoms with Crippen molar-refractivity contribution in [3.8, 4) is 0 Å². The maximum atomic E-state index is 11.8. The van der Waals surface area contributed by atoms with Crippen LogP contribution in [0.4, 0.5) is 0 Å². The Morgan fingerprint density at radius 2 is 2.18 bits per heavy atom. The second kappa shape index (κ2) is 6.05. The second-order valence-corrected chi connectivity index (χ2v) is 5.61. The van der Waals surface area contributed by atoms with Gasteiger partial charge in [0.15, 0.2) is 0 Å². The van der Waals surface area contributed by atoms with E-state index in [1.54, 1.807) is 0 Å². The molecule has 98 valence electrons. The Balaban J connectivity index is 1.66. The Hall–Kier alpha value is -0.280. The minimum Gasteiger partial charge on any atom is -0.378 e. The van der Waals surface area contributed by atoms with E-state index in [0.29, 0.717) is 18.4 Å². The number of halogens is 1. The maximum absolute atomic E-state index is 11.8. The average molecular weight is 260 g/mol. The molecule has 1 unspecified atom stereocenters. The van der Waals surface area contributed by atoms with Crippen LogP contribution >= 0.6 is 11.6 Å². The molecule has 2 rings (SSSR count). The van der Waals surface area contributed by atoms with Crippen LogP contribution in [-0.4, -0.2) is 30.0 Å². The maximum Gasteiger partial charge on any atom is 0.220 e. The van der Waals surface area contributed by atoms with Crippen LogP contribution in [0, 0.1) is 0 Å². The number of nitrogens with one attached hydrogen (secondary N) is 1. The zero-order chi connectivity index (χ0) is 12.1. The van der Waals surface area contributed by atoms with Crippen molar-refractivity contribution in [3.63, 3.8) is 0 Å². The zero-order valence-electron chi connectivity index (χ0n) is 10.3. The smallest absolute Gasteiger partial charge is 0.220 e. The lowest BCUT2D eigenvalue weighted by Gasteiger charge is -2.41. The summed E-state index contributed by atoms with van der Waals surface area (Å²) in [6, 6.07) is 0. The van der Waals surface area contributed by atoms with Gasteiger partial charge in [-0.3, -0.25) is 4.79 Å². The minimum absolute atomic E-state index is 0.0912. The Morgan fingerprint density at radius 1 is 1.35 bits per heavy atom. The SMILES string of the molecule is O=C(CCC1CCCCO1)NC1(CCl)CCC1. The highest BCUT2D eigenvalue weighted by atomic mass is 35.5. The monoisotopic (exact) mass is 259 g/mol. The first-order valence-electron chi connectivity index (χ1n) is 6.73. The molecule has 17 heavy (non-hydrogen) atoms. The van der Waals surface area contributed by atoms with E-state index < -0.39 is 0 Å². The molecule has 4 heteroatoms. The highest BCUT2D eigenvalue weighted by Gasteiger charge is 2.37. The summed E-state index contributed by atoms with van der Waals surface area (Å²) in [4.78, 5) is 11.8. The number of rotatable bonds is 5. The standard InChI is InChI=1S/C13H22ClNO2/c14-10-13(7-3-8-13)15-12(16)6-5-11-4-1-2-9-17-11/h11H,1-10H2,(H,15,16). The van der Waals surface area contributed by atoms with Gasteiger partial charge in [-0.2, -0.15) is 0 Å². The van der Waals surface area contributed by atoms with E-state index in [-0.39, 0.29) is 11.4 Å². The number of amides is 1. The van der Waals surface area contributed by atoms with Crippen molar-refractivity contribution in [2.45, 2.75) is 63.0 Å². The van der Waals surface area contributed by atoms with Gasteiger partial charge in [-0.25, -0.2) is 0 Å². The van der Waals surface area contributed by atoms with Gasteiger partial charge in [0.25, 0.3) is 0 Å². The summed E-state index contributed by atoms with van der Waals surface area (Å²) in [5, 5.41) is 3.09. The lowest BCUT2D eigenvalue weighted by Crippen LogP contribution is -2.55. The van der Waals surface area contributed by atoms with Crippen LogP contribution in [-0.2, 0) is 9.53 Å². The predicted octanol–water partition coefficient (Wildman–Crippen LogP) is 2.61. The fourth-order valence-corrected chi connectivity index (χ4v) is 2.92. The Bertz CT molecular complexity index is 255. The quantitative estimate of drug-likeness (QED) is 0.771. The van der Waals surface area contributed by atoms with E-state index in [0.717, 1.165) is 38.7 Å². The van der Waals surface area contributed by atoms with E-state index in [9.17, 15) is 4.79 Å². The van der Waals surface area contributed by atoms with Crippen molar-refractivity contribution >= 4 is 17.5 Å². The summed E-state index contributed by atoms with van der Waals surface area (Å²) in [6.07, 6.45) is 8.46. The fourth-order valence-electron chi connectivity index (χ4n) is 2.58. The van der Waals surface area contributed by atoms with Crippen LogP contribution in [0.3, 0.4) is 0 Å². The van der Waals surface area contributed by atoms with E-state index in [1.165, 1.54) is 12.8 Å². The first-order chi connectivity index (χ1) is 8.24. The molecule has 0 aromatic heterocycles. The fraction of sp³-hybridized carbons (Fsp3) is 0.923. The summed E-state index contributed by atoms with van der Waals surface area (Å²) >= 11 is 5.91. The van der Waals surface area contributed by atoms with Crippen LogP contribution in [0.15, 0.2) is 0 Å². The van der Waals surface area contributed by atoms with Crippen LogP contribution in [0.5, 0.6) is 0 Å². The topological polar surface area (TPSA) is 38.3 Å². The summed E-state index contributed by atoms with van der Waals surface area (Å²) in [5.74, 6) is 0.679. The molecule has 3 nitrogen and oxygen atoms in total. The number of hydrogen-bond acceptors (Lipinski definition) is 2. The molecule has 2 aliphatic rings. The summed E-state index contributed by atoms with van der Waals surface area (Å²) < 4.78 is 5.62. The molecule has 0 aromatic carbocycles. The van der Waals surface area contributed by atoms with Gasteiger partial charge in [0.1, 0.15) is 0 Å². The number of carbonyl (C=O) groups is 1. The van der Waals surface area contributed by atoms with Gasteiger partial charge in [0.05, 0.1) is 11.6 Å². The molecule has 1 amide bonds. The van der Waals surface area contributed by atoms with Crippen LogP contribution in [0.1, 0.15) is 51.4 Å². The highest BCUT2D eigenvalue weighted by molar-refractivity contribution is 6.18. The predicted molar refractivity (Wildman–Crippen MR) is 68.3 cm³/mol. The van der Waals surface area contributed by atoms with Crippen LogP contribution in [0.25, 0.3) is 0 Å². The number of carbonyl (C=O) groups excluding carboxylic acids is 1. The molecular formula is C13H22ClNO2. The molecule has 1 saturated heterocycles. The summed E-state index contributed by atoms with van der Waals surface area (Å²) in [5.41, 5.74) is -0.0912. The lowest BCUT2D eigenvalue weighted by atomic mass is 9.78. The largest absolute Gasteiger partial charge is 0.378 e. The van der Waals surface area contributed by atoms with Crippen LogP contribution < -0.4 is 5.32 Å². The number of hydrogen-bond donors (Lipinski definition) is 1. The molecule has 1 N–H and O–H groups in total. The molecule has 1 aliphatic carbocycles. The first kappa shape index (κ1) is 13.2. The molecule has 1 heterocycles. The third-order valence-corrected chi connectivity index (χ3v) is 4.45. The van der Waals surface area contributed by atoms with E-state index >= 15 is 0 Å². The molecule has 0 spiro atoms. The first-order valence-corrected chi connectivity index (χ1v) is 7.26. The number of alkyl halides is 1. The van der Waals surface area contributed by atoms with Crippen molar-refractivity contribution in [2.75, 3.05) is 12.5 Å². The van der Waals surface area contributed by atoms with Gasteiger partial charge in [0, 0.05) is 18.9 Å². The highest BCUT2D eigenvalue weighted by Crippen LogP contribution is 2.33. The van der Waals surface area contributed by atoms with Gasteiger partial charge in [0.2, 0.25) is 5.91 Å². The van der Waals surface area contributed by atoms with Gasteiger partial charge in [-0.15, -0.1) is 11.6 Å². The normalized spacial score (nSPS) is 27.2. The van der Waals surface area contributed by atoms with Gasteiger partial charge in [-0.1, -0.05) is 0 Å². The van der Waals surface area contributed by atoms with Gasteiger partial charge in [-0.05, 0) is 44.9 Å². The van der Waals surface area contributed by atoms with E-state index in [2.05, 4.69) is 5.32 Å². The molecule has 2 fully saturated rings. The van der Waals surface area contributed by atoms with Crippen molar-refractivity contribution in [1.29, 1.82) is 0 Å². The Morgan fingerprint density at radius 3 is 2.71 bits per heavy atom. The molecule has 0 bridgehead atoms. The molecular weight excluding hydrogens is 238 g/mol. The molecule has 1 saturated carbocycles. The third-order valence-electron chi connectivity index (χ3n) is 3.94. The van der Waals surface area contributed by atoms with Crippen molar-refractivity contribution in [1.82, 2.24) is 5.32 Å². The molecule has 0 radical (unpaired) electrons. The number of ether oxygens (including phenoxy) is 1. The summed E-state index contributed by atoms with van der Waals surface area (Å²) in [7, 11) is 0.